The van der Waals surface area contributed by atoms with E-state index in [0.29, 0.717) is 11.8 Å². The molecule has 0 N–H and O–H groups in total. The summed E-state index contributed by atoms with van der Waals surface area (Å²) in [7, 11) is 1.47. The molecule has 0 radical (unpaired) electrons. The van der Waals surface area contributed by atoms with Gasteiger partial charge in [-0.3, -0.25) is 10.1 Å². The average Bonchev–Trinajstić information content (AvgIpc) is 3.03. The summed E-state index contributed by atoms with van der Waals surface area (Å²) in [6.07, 6.45) is 3.26. The fourth-order valence-corrected chi connectivity index (χ4v) is 3.27. The van der Waals surface area contributed by atoms with E-state index in [1.165, 1.54) is 18.7 Å². The third-order valence-electron chi connectivity index (χ3n) is 4.38. The fourth-order valence-electron chi connectivity index (χ4n) is 3.27. The molecule has 2 aromatic rings. The van der Waals surface area contributed by atoms with Crippen molar-refractivity contribution in [2.24, 2.45) is 0 Å². The van der Waals surface area contributed by atoms with Crippen LogP contribution in [0.2, 0.25) is 0 Å². The zero-order chi connectivity index (χ0) is 16.2. The molecule has 0 aromatic heterocycles. The average molecular weight is 312 g/mol. The van der Waals surface area contributed by atoms with Crippen molar-refractivity contribution < 1.29 is 9.66 Å². The lowest BCUT2D eigenvalue weighted by Gasteiger charge is -2.27. The van der Waals surface area contributed by atoms with E-state index < -0.39 is 4.92 Å². The molecule has 1 heterocycles. The van der Waals surface area contributed by atoms with Crippen LogP contribution in [0.3, 0.4) is 0 Å². The zero-order valence-electron chi connectivity index (χ0n) is 13.1. The third-order valence-corrected chi connectivity index (χ3v) is 4.38. The van der Waals surface area contributed by atoms with Crippen LogP contribution in [0.1, 0.15) is 18.4 Å². The quantitative estimate of drug-likeness (QED) is 0.622. The zero-order valence-corrected chi connectivity index (χ0v) is 13.1. The number of nitro groups is 1. The highest BCUT2D eigenvalue weighted by molar-refractivity contribution is 5.60. The molecule has 0 bridgehead atoms. The number of hydrogen-bond acceptors (Lipinski definition) is 4. The normalized spacial score (nSPS) is 17.3. The highest BCUT2D eigenvalue weighted by atomic mass is 16.6. The molecule has 1 aliphatic rings. The Balaban J connectivity index is 1.83. The molecule has 1 fully saturated rings. The maximum absolute atomic E-state index is 11.0. The van der Waals surface area contributed by atoms with Crippen LogP contribution in [0, 0.1) is 10.1 Å². The second-order valence-corrected chi connectivity index (χ2v) is 5.79. The van der Waals surface area contributed by atoms with Gasteiger partial charge in [0.25, 0.3) is 0 Å². The molecular formula is C18H20N2O3. The van der Waals surface area contributed by atoms with E-state index in [2.05, 4.69) is 29.2 Å². The summed E-state index contributed by atoms with van der Waals surface area (Å²) in [4.78, 5) is 13.0. The number of nitro benzene ring substituents is 1. The molecule has 1 saturated heterocycles. The van der Waals surface area contributed by atoms with Gasteiger partial charge >= 0.3 is 5.69 Å². The first-order chi connectivity index (χ1) is 11.2. The Morgan fingerprint density at radius 3 is 2.74 bits per heavy atom. The van der Waals surface area contributed by atoms with Crippen molar-refractivity contribution in [1.82, 2.24) is 0 Å². The Hall–Kier alpha value is -2.56. The van der Waals surface area contributed by atoms with E-state index in [1.807, 2.05) is 12.1 Å². The van der Waals surface area contributed by atoms with E-state index in [-0.39, 0.29) is 5.69 Å². The van der Waals surface area contributed by atoms with Crippen molar-refractivity contribution >= 4 is 11.4 Å². The minimum Gasteiger partial charge on any atom is -0.490 e. The van der Waals surface area contributed by atoms with E-state index in [9.17, 15) is 10.1 Å². The Morgan fingerprint density at radius 2 is 2.04 bits per heavy atom. The van der Waals surface area contributed by atoms with Crippen molar-refractivity contribution in [1.29, 1.82) is 0 Å². The second-order valence-electron chi connectivity index (χ2n) is 5.79. The molecule has 2 aromatic carbocycles. The van der Waals surface area contributed by atoms with Gasteiger partial charge in [0, 0.05) is 30.4 Å². The van der Waals surface area contributed by atoms with Gasteiger partial charge in [0.15, 0.2) is 5.75 Å². The van der Waals surface area contributed by atoms with Crippen LogP contribution in [-0.4, -0.2) is 24.6 Å². The molecule has 0 saturated carbocycles. The van der Waals surface area contributed by atoms with Gasteiger partial charge in [-0.1, -0.05) is 30.3 Å². The lowest BCUT2D eigenvalue weighted by molar-refractivity contribution is -0.385. The Kier molecular flexibility index (Phi) is 4.46. The van der Waals surface area contributed by atoms with Crippen LogP contribution in [0.25, 0.3) is 0 Å². The number of anilines is 1. The molecule has 1 aliphatic heterocycles. The first-order valence-corrected chi connectivity index (χ1v) is 7.82. The third kappa shape index (κ3) is 3.28. The molecule has 0 spiro atoms. The van der Waals surface area contributed by atoms with Crippen LogP contribution >= 0.6 is 0 Å². The minimum atomic E-state index is -0.409. The van der Waals surface area contributed by atoms with Crippen molar-refractivity contribution in [3.05, 3.63) is 64.2 Å². The van der Waals surface area contributed by atoms with Crippen LogP contribution in [0.5, 0.6) is 5.75 Å². The number of methoxy groups -OCH3 is 1. The summed E-state index contributed by atoms with van der Waals surface area (Å²) < 4.78 is 5.19. The van der Waals surface area contributed by atoms with Crippen LogP contribution in [0.4, 0.5) is 11.4 Å². The molecule has 5 heteroatoms. The monoisotopic (exact) mass is 312 g/mol. The SMILES string of the molecule is COc1cc(N2CCCC2Cc2ccccc2)ccc1[N+](=O)[O-]. The van der Waals surface area contributed by atoms with Gasteiger partial charge in [-0.05, 0) is 30.9 Å². The highest BCUT2D eigenvalue weighted by Crippen LogP contribution is 2.35. The summed E-state index contributed by atoms with van der Waals surface area (Å²) in [5.41, 5.74) is 2.32. The summed E-state index contributed by atoms with van der Waals surface area (Å²) in [6.45, 7) is 0.971. The highest BCUT2D eigenvalue weighted by Gasteiger charge is 2.26. The van der Waals surface area contributed by atoms with Crippen LogP contribution in [-0.2, 0) is 6.42 Å². The molecular weight excluding hydrogens is 292 g/mol. The molecule has 1 unspecified atom stereocenters. The molecule has 120 valence electrons. The molecule has 0 amide bonds. The largest absolute Gasteiger partial charge is 0.490 e. The van der Waals surface area contributed by atoms with Crippen molar-refractivity contribution in [3.63, 3.8) is 0 Å². The summed E-state index contributed by atoms with van der Waals surface area (Å²) in [6, 6.07) is 16.0. The van der Waals surface area contributed by atoms with E-state index >= 15 is 0 Å². The smallest absolute Gasteiger partial charge is 0.311 e. The lowest BCUT2D eigenvalue weighted by Crippen LogP contribution is -2.30. The van der Waals surface area contributed by atoms with Gasteiger partial charge in [0.2, 0.25) is 0 Å². The maximum atomic E-state index is 11.0. The van der Waals surface area contributed by atoms with Gasteiger partial charge in [0.1, 0.15) is 0 Å². The predicted octanol–water partition coefficient (Wildman–Crippen LogP) is 3.81. The summed E-state index contributed by atoms with van der Waals surface area (Å²) >= 11 is 0. The van der Waals surface area contributed by atoms with Crippen LogP contribution in [0.15, 0.2) is 48.5 Å². The van der Waals surface area contributed by atoms with Gasteiger partial charge in [-0.25, -0.2) is 0 Å². The number of benzene rings is 2. The van der Waals surface area contributed by atoms with Gasteiger partial charge in [-0.15, -0.1) is 0 Å². The first kappa shape index (κ1) is 15.3. The maximum Gasteiger partial charge on any atom is 0.311 e. The second kappa shape index (κ2) is 6.69. The van der Waals surface area contributed by atoms with E-state index in [4.69, 9.17) is 4.74 Å². The molecule has 1 atom stereocenters. The number of ether oxygens (including phenoxy) is 1. The van der Waals surface area contributed by atoms with E-state index in [0.717, 1.165) is 31.5 Å². The Morgan fingerprint density at radius 1 is 1.26 bits per heavy atom. The lowest BCUT2D eigenvalue weighted by atomic mass is 10.0. The molecule has 0 aliphatic carbocycles. The first-order valence-electron chi connectivity index (χ1n) is 7.82. The standard InChI is InChI=1S/C18H20N2O3/c1-23-18-13-16(9-10-17(18)20(21)22)19-11-5-8-15(19)12-14-6-3-2-4-7-14/h2-4,6-7,9-10,13,15H,5,8,11-12H2,1H3. The van der Waals surface area contributed by atoms with Gasteiger partial charge in [-0.2, -0.15) is 0 Å². The number of hydrogen-bond donors (Lipinski definition) is 0. The predicted molar refractivity (Wildman–Crippen MR) is 90.2 cm³/mol. The van der Waals surface area contributed by atoms with Gasteiger partial charge in [0.05, 0.1) is 12.0 Å². The number of nitrogens with zero attached hydrogens (tertiary/aromatic N) is 2. The summed E-state index contributed by atoms with van der Waals surface area (Å²) in [5.74, 6) is 0.317. The summed E-state index contributed by atoms with van der Waals surface area (Å²) in [5, 5.41) is 11.0. The van der Waals surface area contributed by atoms with E-state index in [1.54, 1.807) is 6.07 Å². The Bertz CT molecular complexity index is 688. The molecule has 23 heavy (non-hydrogen) atoms. The van der Waals surface area contributed by atoms with Crippen molar-refractivity contribution in [2.75, 3.05) is 18.6 Å². The van der Waals surface area contributed by atoms with Crippen molar-refractivity contribution in [3.8, 4) is 5.75 Å². The van der Waals surface area contributed by atoms with Crippen LogP contribution < -0.4 is 9.64 Å². The molecule has 5 nitrogen and oxygen atoms in total. The topological polar surface area (TPSA) is 55.6 Å². The Labute approximate surface area is 135 Å². The fraction of sp³-hybridized carbons (Fsp3) is 0.333. The minimum absolute atomic E-state index is 0.00931. The molecule has 3 rings (SSSR count). The number of rotatable bonds is 5. The van der Waals surface area contributed by atoms with Gasteiger partial charge < -0.3 is 9.64 Å². The van der Waals surface area contributed by atoms with Crippen molar-refractivity contribution in [2.45, 2.75) is 25.3 Å².